The first-order valence-corrected chi connectivity index (χ1v) is 6.29. The Morgan fingerprint density at radius 2 is 1.57 bits per heavy atom. The second-order valence-electron chi connectivity index (χ2n) is 4.36. The Kier molecular flexibility index (Phi) is 3.39. The lowest BCUT2D eigenvalue weighted by atomic mass is 10.1. The van der Waals surface area contributed by atoms with Gasteiger partial charge < -0.3 is 4.52 Å². The smallest absolute Gasteiger partial charge is 0.217 e. The predicted molar refractivity (Wildman–Crippen MR) is 77.3 cm³/mol. The Hall–Kier alpha value is -3.08. The molecule has 0 bridgehead atoms. The number of nitroso groups, excluding NO2 is 1. The highest BCUT2D eigenvalue weighted by molar-refractivity contribution is 6.11. The number of rotatable bonds is 4. The van der Waals surface area contributed by atoms with E-state index in [4.69, 9.17) is 4.52 Å². The van der Waals surface area contributed by atoms with Gasteiger partial charge in [0.2, 0.25) is 5.78 Å². The van der Waals surface area contributed by atoms with Gasteiger partial charge in [-0.3, -0.25) is 4.79 Å². The van der Waals surface area contributed by atoms with Crippen molar-refractivity contribution >= 4 is 11.5 Å². The zero-order valence-corrected chi connectivity index (χ0v) is 10.9. The number of carbonyl (C=O) groups excluding carboxylic acids is 1. The molecule has 0 spiro atoms. The molecule has 0 saturated heterocycles. The molecule has 0 amide bonds. The van der Waals surface area contributed by atoms with Crippen LogP contribution in [0.3, 0.4) is 0 Å². The fourth-order valence-electron chi connectivity index (χ4n) is 2.02. The first kappa shape index (κ1) is 12.9. The van der Waals surface area contributed by atoms with Gasteiger partial charge in [0.25, 0.3) is 0 Å². The molecule has 102 valence electrons. The van der Waals surface area contributed by atoms with E-state index in [2.05, 4.69) is 10.3 Å². The summed E-state index contributed by atoms with van der Waals surface area (Å²) < 4.78 is 5.15. The fourth-order valence-corrected chi connectivity index (χ4v) is 2.02. The van der Waals surface area contributed by atoms with E-state index < -0.39 is 5.78 Å². The third-order valence-corrected chi connectivity index (χ3v) is 3.05. The molecular formula is C16H10N2O3. The highest BCUT2D eigenvalue weighted by atomic mass is 16.5. The van der Waals surface area contributed by atoms with Crippen LogP contribution in [0.15, 0.2) is 70.4 Å². The van der Waals surface area contributed by atoms with Gasteiger partial charge in [-0.2, -0.15) is 0 Å². The van der Waals surface area contributed by atoms with E-state index in [1.54, 1.807) is 54.6 Å². The average molecular weight is 278 g/mol. The van der Waals surface area contributed by atoms with Crippen molar-refractivity contribution in [1.82, 2.24) is 5.16 Å². The largest absolute Gasteiger partial charge is 0.353 e. The Balaban J connectivity index is 2.08. The van der Waals surface area contributed by atoms with Crippen LogP contribution in [0, 0.1) is 4.91 Å². The van der Waals surface area contributed by atoms with Crippen LogP contribution in [0.25, 0.3) is 11.3 Å². The third kappa shape index (κ3) is 2.36. The molecule has 21 heavy (non-hydrogen) atoms. The van der Waals surface area contributed by atoms with E-state index >= 15 is 0 Å². The van der Waals surface area contributed by atoms with Crippen LogP contribution in [0.5, 0.6) is 0 Å². The lowest BCUT2D eigenvalue weighted by molar-refractivity contribution is 0.103. The Morgan fingerprint density at radius 1 is 0.952 bits per heavy atom. The number of ketones is 1. The van der Waals surface area contributed by atoms with Crippen molar-refractivity contribution in [2.45, 2.75) is 0 Å². The molecule has 0 fully saturated rings. The molecule has 0 saturated carbocycles. The zero-order valence-electron chi connectivity index (χ0n) is 10.9. The minimum atomic E-state index is -0.392. The van der Waals surface area contributed by atoms with Crippen LogP contribution >= 0.6 is 0 Å². The summed E-state index contributed by atoms with van der Waals surface area (Å²) >= 11 is 0. The van der Waals surface area contributed by atoms with Gasteiger partial charge in [-0.1, -0.05) is 65.8 Å². The minimum absolute atomic E-state index is 0.0740. The van der Waals surface area contributed by atoms with E-state index in [-0.39, 0.29) is 17.1 Å². The summed E-state index contributed by atoms with van der Waals surface area (Å²) in [5, 5.41) is 6.65. The molecule has 0 N–H and O–H groups in total. The molecule has 0 aliphatic carbocycles. The summed E-state index contributed by atoms with van der Waals surface area (Å²) in [6.07, 6.45) is 0. The third-order valence-electron chi connectivity index (χ3n) is 3.05. The summed E-state index contributed by atoms with van der Waals surface area (Å²) in [6, 6.07) is 17.5. The minimum Gasteiger partial charge on any atom is -0.353 e. The van der Waals surface area contributed by atoms with Crippen molar-refractivity contribution < 1.29 is 9.32 Å². The number of aromatic nitrogens is 1. The number of nitrogens with zero attached hydrogens (tertiary/aromatic N) is 2. The van der Waals surface area contributed by atoms with Gasteiger partial charge in [0.15, 0.2) is 17.1 Å². The molecule has 1 aromatic heterocycles. The van der Waals surface area contributed by atoms with Crippen molar-refractivity contribution in [2.24, 2.45) is 5.18 Å². The standard InChI is InChI=1S/C16H10N2O3/c19-15(11-7-3-1-4-8-11)13-14(17-20)16(21-18-13)12-9-5-2-6-10-12/h1-10H. The summed E-state index contributed by atoms with van der Waals surface area (Å²) in [4.78, 5) is 23.5. The van der Waals surface area contributed by atoms with Gasteiger partial charge in [-0.05, 0) is 5.18 Å². The van der Waals surface area contributed by atoms with Crippen LogP contribution in [0.2, 0.25) is 0 Å². The molecule has 3 aromatic rings. The van der Waals surface area contributed by atoms with Crippen molar-refractivity contribution in [2.75, 3.05) is 0 Å². The van der Waals surface area contributed by atoms with Gasteiger partial charge in [-0.15, -0.1) is 4.91 Å². The summed E-state index contributed by atoms with van der Waals surface area (Å²) in [6.45, 7) is 0. The maximum Gasteiger partial charge on any atom is 0.217 e. The lowest BCUT2D eigenvalue weighted by Crippen LogP contribution is -2.01. The van der Waals surface area contributed by atoms with Crippen molar-refractivity contribution in [3.05, 3.63) is 76.8 Å². The molecule has 1 heterocycles. The van der Waals surface area contributed by atoms with Gasteiger partial charge in [0, 0.05) is 11.1 Å². The van der Waals surface area contributed by atoms with Gasteiger partial charge in [-0.25, -0.2) is 0 Å². The second kappa shape index (κ2) is 5.50. The first-order valence-electron chi connectivity index (χ1n) is 6.29. The van der Waals surface area contributed by atoms with Crippen LogP contribution in [-0.2, 0) is 0 Å². The van der Waals surface area contributed by atoms with Crippen LogP contribution in [-0.4, -0.2) is 10.9 Å². The molecular weight excluding hydrogens is 268 g/mol. The highest BCUT2D eigenvalue weighted by Crippen LogP contribution is 2.34. The average Bonchev–Trinajstić information content (AvgIpc) is 2.99. The Morgan fingerprint density at radius 3 is 2.19 bits per heavy atom. The van der Waals surface area contributed by atoms with Crippen molar-refractivity contribution in [3.8, 4) is 11.3 Å². The van der Waals surface area contributed by atoms with Gasteiger partial charge >= 0.3 is 0 Å². The fraction of sp³-hybridized carbons (Fsp3) is 0. The SMILES string of the molecule is O=Nc1c(C(=O)c2ccccc2)noc1-c1ccccc1. The second-order valence-corrected chi connectivity index (χ2v) is 4.36. The molecule has 0 unspecified atom stereocenters. The Labute approximate surface area is 120 Å². The van der Waals surface area contributed by atoms with Gasteiger partial charge in [0.05, 0.1) is 0 Å². The summed E-state index contributed by atoms with van der Waals surface area (Å²) in [7, 11) is 0. The Bertz CT molecular complexity index is 780. The van der Waals surface area contributed by atoms with E-state index in [0.717, 1.165) is 0 Å². The van der Waals surface area contributed by atoms with E-state index in [9.17, 15) is 9.70 Å². The zero-order chi connectivity index (χ0) is 14.7. The molecule has 0 radical (unpaired) electrons. The van der Waals surface area contributed by atoms with E-state index in [0.29, 0.717) is 11.1 Å². The molecule has 3 rings (SSSR count). The van der Waals surface area contributed by atoms with E-state index in [1.807, 2.05) is 6.07 Å². The molecule has 0 aliphatic rings. The van der Waals surface area contributed by atoms with Crippen molar-refractivity contribution in [3.63, 3.8) is 0 Å². The highest BCUT2D eigenvalue weighted by Gasteiger charge is 2.24. The van der Waals surface area contributed by atoms with Crippen LogP contribution < -0.4 is 0 Å². The topological polar surface area (TPSA) is 72.5 Å². The van der Waals surface area contributed by atoms with E-state index in [1.165, 1.54) is 0 Å². The summed E-state index contributed by atoms with van der Waals surface area (Å²) in [5.41, 5.74) is 0.923. The molecule has 5 nitrogen and oxygen atoms in total. The maximum absolute atomic E-state index is 12.3. The normalized spacial score (nSPS) is 10.3. The van der Waals surface area contributed by atoms with Crippen molar-refractivity contribution in [1.29, 1.82) is 0 Å². The molecule has 0 aliphatic heterocycles. The number of hydrogen-bond acceptors (Lipinski definition) is 5. The maximum atomic E-state index is 12.3. The van der Waals surface area contributed by atoms with Crippen LogP contribution in [0.4, 0.5) is 5.69 Å². The van der Waals surface area contributed by atoms with Gasteiger partial charge in [0.1, 0.15) is 0 Å². The summed E-state index contributed by atoms with van der Waals surface area (Å²) in [5.74, 6) is -0.194. The first-order chi connectivity index (χ1) is 10.3. The monoisotopic (exact) mass is 278 g/mol. The number of benzene rings is 2. The lowest BCUT2D eigenvalue weighted by Gasteiger charge is -1.97. The van der Waals surface area contributed by atoms with Crippen LogP contribution in [0.1, 0.15) is 16.1 Å². The quantitative estimate of drug-likeness (QED) is 0.534. The number of hydrogen-bond donors (Lipinski definition) is 0. The number of carbonyl (C=O) groups is 1. The molecule has 2 aromatic carbocycles. The molecule has 5 heteroatoms. The predicted octanol–water partition coefficient (Wildman–Crippen LogP) is 3.97. The molecule has 0 atom stereocenters.